The second-order valence-corrected chi connectivity index (χ2v) is 5.18. The fourth-order valence-corrected chi connectivity index (χ4v) is 2.02. The van der Waals surface area contributed by atoms with Crippen molar-refractivity contribution in [3.8, 4) is 0 Å². The summed E-state index contributed by atoms with van der Waals surface area (Å²) in [6.45, 7) is -2.22. The first-order valence-corrected chi connectivity index (χ1v) is 5.74. The third kappa shape index (κ3) is 1.93. The van der Waals surface area contributed by atoms with E-state index in [4.69, 9.17) is 0 Å². The molecule has 0 amide bonds. The van der Waals surface area contributed by atoms with Gasteiger partial charge in [-0.25, -0.2) is 8.57 Å². The van der Waals surface area contributed by atoms with Crippen molar-refractivity contribution in [3.05, 3.63) is 0 Å². The summed E-state index contributed by atoms with van der Waals surface area (Å²) in [5, 5.41) is -4.40. The van der Waals surface area contributed by atoms with Gasteiger partial charge in [0.2, 0.25) is 0 Å². The van der Waals surface area contributed by atoms with Crippen molar-refractivity contribution in [1.82, 2.24) is 0 Å². The van der Waals surface area contributed by atoms with E-state index >= 15 is 0 Å². The Kier molecular flexibility index (Phi) is 2.54. The molecule has 0 aliphatic carbocycles. The molecule has 1 rings (SSSR count). The van der Waals surface area contributed by atoms with Gasteiger partial charge < -0.3 is 0 Å². The van der Waals surface area contributed by atoms with E-state index in [0.29, 0.717) is 0 Å². The average molecular weight is 274 g/mol. The maximum Gasteiger partial charge on any atom is 0.437 e. The van der Waals surface area contributed by atoms with Crippen molar-refractivity contribution in [2.75, 3.05) is 6.61 Å². The van der Waals surface area contributed by atoms with Crippen LogP contribution in [0.2, 0.25) is 0 Å². The van der Waals surface area contributed by atoms with Crippen LogP contribution in [0.25, 0.3) is 0 Å². The van der Waals surface area contributed by atoms with Crippen molar-refractivity contribution in [1.29, 1.82) is 0 Å². The van der Waals surface area contributed by atoms with E-state index in [1.165, 1.54) is 0 Å². The van der Waals surface area contributed by atoms with E-state index in [1.807, 2.05) is 0 Å². The molecule has 1 atom stereocenters. The molecular formula is C3H2F4O6S2. The van der Waals surface area contributed by atoms with Crippen LogP contribution in [0.5, 0.6) is 0 Å². The quantitative estimate of drug-likeness (QED) is 0.403. The monoisotopic (exact) mass is 274 g/mol. The molecule has 12 heteroatoms. The van der Waals surface area contributed by atoms with Crippen LogP contribution >= 0.6 is 0 Å². The van der Waals surface area contributed by atoms with Crippen molar-refractivity contribution in [2.45, 2.75) is 11.1 Å². The first kappa shape index (κ1) is 12.6. The maximum absolute atomic E-state index is 13.0. The highest BCUT2D eigenvalue weighted by Gasteiger charge is 2.79. The molecule has 90 valence electrons. The summed E-state index contributed by atoms with van der Waals surface area (Å²) in [6.07, 6.45) is -4.78. The average Bonchev–Trinajstić information content (AvgIpc) is 1.95. The second kappa shape index (κ2) is 3.02. The van der Waals surface area contributed by atoms with Gasteiger partial charge in [0.05, 0.1) is 0 Å². The Bertz CT molecular complexity index is 467. The minimum Gasteiger partial charge on any atom is -0.240 e. The number of hydrogen-bond donors (Lipinski definition) is 0. The van der Waals surface area contributed by atoms with Crippen LogP contribution in [-0.2, 0) is 29.0 Å². The van der Waals surface area contributed by atoms with Crippen molar-refractivity contribution >= 4 is 20.6 Å². The third-order valence-corrected chi connectivity index (χ3v) is 3.41. The van der Waals surface area contributed by atoms with E-state index < -0.39 is 38.3 Å². The normalized spacial score (nSPS) is 33.3. The summed E-state index contributed by atoms with van der Waals surface area (Å²) >= 11 is 0. The van der Waals surface area contributed by atoms with Gasteiger partial charge in [-0.3, -0.25) is 0 Å². The molecule has 1 heterocycles. The van der Waals surface area contributed by atoms with Gasteiger partial charge in [-0.1, -0.05) is 3.89 Å². The molecule has 0 spiro atoms. The second-order valence-electron chi connectivity index (χ2n) is 2.44. The molecule has 15 heavy (non-hydrogen) atoms. The molecule has 1 fully saturated rings. The van der Waals surface area contributed by atoms with Crippen molar-refractivity contribution < 1.29 is 42.3 Å². The molecule has 0 N–H and O–H groups in total. The lowest BCUT2D eigenvalue weighted by Gasteiger charge is -2.38. The Balaban J connectivity index is 2.92. The molecule has 0 aromatic rings. The van der Waals surface area contributed by atoms with E-state index in [1.54, 1.807) is 0 Å². The van der Waals surface area contributed by atoms with Gasteiger partial charge in [-0.15, -0.1) is 0 Å². The Hall–Kier alpha value is -0.460. The predicted molar refractivity (Wildman–Crippen MR) is 34.8 cm³/mol. The zero-order chi connectivity index (χ0) is 12.1. The van der Waals surface area contributed by atoms with Crippen LogP contribution < -0.4 is 0 Å². The standard InChI is InChI=1S/C3H2F4O6S2/c4-2(1-12-15(7,10)11)3(5,6)13-14(2,8)9/h1H2. The Labute approximate surface area is 81.3 Å². The van der Waals surface area contributed by atoms with Crippen molar-refractivity contribution in [3.63, 3.8) is 0 Å². The van der Waals surface area contributed by atoms with Gasteiger partial charge in [-0.05, 0) is 0 Å². The van der Waals surface area contributed by atoms with Gasteiger partial charge in [-0.2, -0.15) is 29.8 Å². The van der Waals surface area contributed by atoms with Gasteiger partial charge >= 0.3 is 31.7 Å². The predicted octanol–water partition coefficient (Wildman–Crippen LogP) is -0.164. The van der Waals surface area contributed by atoms with Crippen LogP contribution in [-0.4, -0.2) is 34.6 Å². The summed E-state index contributed by atoms with van der Waals surface area (Å²) in [4.78, 5) is 0. The van der Waals surface area contributed by atoms with E-state index in [-0.39, 0.29) is 0 Å². The minimum absolute atomic E-state index is 2.22. The van der Waals surface area contributed by atoms with E-state index in [0.717, 1.165) is 0 Å². The molecule has 1 unspecified atom stereocenters. The summed E-state index contributed by atoms with van der Waals surface area (Å²) in [5.41, 5.74) is 0. The Morgan fingerprint density at radius 2 is 1.73 bits per heavy atom. The van der Waals surface area contributed by atoms with Crippen LogP contribution in [0.4, 0.5) is 17.1 Å². The van der Waals surface area contributed by atoms with Crippen molar-refractivity contribution in [2.24, 2.45) is 0 Å². The lowest BCUT2D eigenvalue weighted by Crippen LogP contribution is -2.66. The SMILES string of the molecule is O=S(=O)(F)OCC1(F)C(F)(F)OS1(=O)=O. The fraction of sp³-hybridized carbons (Fsp3) is 1.00. The van der Waals surface area contributed by atoms with Crippen LogP contribution in [0.15, 0.2) is 0 Å². The molecule has 0 bridgehead atoms. The smallest absolute Gasteiger partial charge is 0.240 e. The minimum atomic E-state index is -5.73. The van der Waals surface area contributed by atoms with Gasteiger partial charge in [0.1, 0.15) is 6.61 Å². The van der Waals surface area contributed by atoms with Crippen LogP contribution in [0.1, 0.15) is 0 Å². The molecule has 1 aliphatic rings. The maximum atomic E-state index is 13.0. The lowest BCUT2D eigenvalue weighted by atomic mass is 10.4. The summed E-state index contributed by atoms with van der Waals surface area (Å²) in [5.74, 6) is 0. The molecule has 0 radical (unpaired) electrons. The summed E-state index contributed by atoms with van der Waals surface area (Å²) < 4.78 is 95.3. The van der Waals surface area contributed by atoms with Gasteiger partial charge in [0.15, 0.2) is 0 Å². The summed E-state index contributed by atoms with van der Waals surface area (Å²) in [7, 11) is -11.1. The fourth-order valence-electron chi connectivity index (χ4n) is 0.680. The first-order chi connectivity index (χ1) is 6.41. The number of halogens is 4. The first-order valence-electron chi connectivity index (χ1n) is 3.02. The number of hydrogen-bond acceptors (Lipinski definition) is 6. The zero-order valence-corrected chi connectivity index (χ0v) is 8.12. The molecule has 1 saturated heterocycles. The number of alkyl halides is 3. The highest BCUT2D eigenvalue weighted by Crippen LogP contribution is 2.50. The van der Waals surface area contributed by atoms with Gasteiger partial charge in [0, 0.05) is 0 Å². The third-order valence-electron chi connectivity index (χ3n) is 1.43. The molecule has 0 saturated carbocycles. The van der Waals surface area contributed by atoms with Crippen LogP contribution in [0, 0.1) is 0 Å². The summed E-state index contributed by atoms with van der Waals surface area (Å²) in [6, 6.07) is 0. The molecule has 1 aliphatic heterocycles. The molecular weight excluding hydrogens is 272 g/mol. The zero-order valence-electron chi connectivity index (χ0n) is 6.48. The lowest BCUT2D eigenvalue weighted by molar-refractivity contribution is -0.280. The molecule has 0 aromatic heterocycles. The number of rotatable bonds is 3. The van der Waals surface area contributed by atoms with Gasteiger partial charge in [0.25, 0.3) is 0 Å². The highest BCUT2D eigenvalue weighted by molar-refractivity contribution is 7.89. The van der Waals surface area contributed by atoms with E-state index in [2.05, 4.69) is 8.37 Å². The molecule has 6 nitrogen and oxygen atoms in total. The Morgan fingerprint density at radius 1 is 1.27 bits per heavy atom. The molecule has 0 aromatic carbocycles. The van der Waals surface area contributed by atoms with Crippen LogP contribution in [0.3, 0.4) is 0 Å². The van der Waals surface area contributed by atoms with E-state index in [9.17, 15) is 33.9 Å². The Morgan fingerprint density at radius 3 is 2.00 bits per heavy atom. The topological polar surface area (TPSA) is 86.7 Å². The largest absolute Gasteiger partial charge is 0.437 e. The highest BCUT2D eigenvalue weighted by atomic mass is 32.3.